The number of hydrogen-bond donors (Lipinski definition) is 6. The number of thioether (sulfide) groups is 2. The summed E-state index contributed by atoms with van der Waals surface area (Å²) in [6, 6.07) is 28.1. The molecular weight excluding hydrogens is 1850 g/mol. The Kier molecular flexibility index (Phi) is 36.6. The molecule has 1 atom stereocenters. The number of methoxy groups -OCH3 is 4. The van der Waals surface area contributed by atoms with Gasteiger partial charge < -0.3 is 48.7 Å². The molecule has 0 saturated heterocycles. The third kappa shape index (κ3) is 25.1. The number of aryl methyl sites for hydroxylation is 10. The SMILES string of the molecule is CCCCC(CC)COC(=O)CCSc1cc(O)cc2c1CCC2.COC(=O)CCn1c(C(=O)OC)c(C)c2c(-c3c(CSCc4cc(CCl)n(C)n4)nn(C)c3C)c(Cl)ccc21.COc1cc(Br)c2c(c1)CCC2.COc1cc(Br)c2c(c1)CCC2=O.Oc1cc(Br)c2c(c1)CCC2.Oc1cc(S)c2c(c1)CCC2.Oc1cc(S)c2c(c1)CCC2. The van der Waals surface area contributed by atoms with Gasteiger partial charge in [0.05, 0.1) is 70.8 Å². The molecule has 6 aliphatic carbocycles. The van der Waals surface area contributed by atoms with Crippen LogP contribution < -0.4 is 9.47 Å². The van der Waals surface area contributed by atoms with Gasteiger partial charge in [0.2, 0.25) is 0 Å². The van der Waals surface area contributed by atoms with Gasteiger partial charge in [-0.15, -0.1) is 60.4 Å². The maximum absolute atomic E-state index is 12.9. The number of phenols is 4. The summed E-state index contributed by atoms with van der Waals surface area (Å²) in [6.07, 6.45) is 23.9. The van der Waals surface area contributed by atoms with E-state index in [1.54, 1.807) is 60.6 Å². The molecule has 648 valence electrons. The first kappa shape index (κ1) is 96.0. The van der Waals surface area contributed by atoms with Crippen LogP contribution in [-0.2, 0) is 132 Å². The number of alkyl halides is 1. The Morgan fingerprint density at radius 3 is 1.68 bits per heavy atom. The lowest BCUT2D eigenvalue weighted by molar-refractivity contribution is -0.144. The first-order chi connectivity index (χ1) is 58.1. The van der Waals surface area contributed by atoms with Crippen molar-refractivity contribution in [3.8, 4) is 45.6 Å². The van der Waals surface area contributed by atoms with Crippen molar-refractivity contribution in [3.05, 3.63) is 210 Å². The molecule has 10 aromatic rings. The molecule has 7 aromatic carbocycles. The van der Waals surface area contributed by atoms with Crippen molar-refractivity contribution < 1.29 is 63.3 Å². The second kappa shape index (κ2) is 46.1. The molecule has 0 saturated carbocycles. The number of phenolic OH excluding ortho intramolecular Hbond substituents is 4. The maximum atomic E-state index is 12.9. The summed E-state index contributed by atoms with van der Waals surface area (Å²) in [4.78, 5) is 51.2. The van der Waals surface area contributed by atoms with E-state index in [9.17, 15) is 39.6 Å². The normalized spacial score (nSPS) is 13.6. The number of halogens is 5. The third-order valence-electron chi connectivity index (χ3n) is 22.8. The summed E-state index contributed by atoms with van der Waals surface area (Å²) >= 11 is 35.2. The highest BCUT2D eigenvalue weighted by Crippen LogP contribution is 2.45. The van der Waals surface area contributed by atoms with Crippen LogP contribution in [0, 0.1) is 19.8 Å². The van der Waals surface area contributed by atoms with Gasteiger partial charge in [-0.05, 0) is 303 Å². The highest BCUT2D eigenvalue weighted by atomic mass is 79.9. The van der Waals surface area contributed by atoms with Crippen LogP contribution in [0.15, 0.2) is 119 Å². The molecule has 16 rings (SSSR count). The molecule has 0 radical (unpaired) electrons. The number of carbonyl (C=O) groups excluding carboxylic acids is 4. The van der Waals surface area contributed by atoms with Crippen LogP contribution >= 0.6 is 120 Å². The first-order valence-electron chi connectivity index (χ1n) is 41.2. The molecule has 121 heavy (non-hydrogen) atoms. The summed E-state index contributed by atoms with van der Waals surface area (Å²) in [5.74, 6) is 5.38. The predicted octanol–water partition coefficient (Wildman–Crippen LogP) is 23.2. The Hall–Kier alpha value is -7.20. The van der Waals surface area contributed by atoms with Crippen molar-refractivity contribution in [1.82, 2.24) is 24.1 Å². The topological polar surface area (TPSA) is 236 Å². The fourth-order valence-electron chi connectivity index (χ4n) is 16.4. The molecule has 6 aliphatic rings. The number of ketones is 1. The Balaban J connectivity index is 0.000000159. The number of rotatable bonds is 22. The summed E-state index contributed by atoms with van der Waals surface area (Å²) < 4.78 is 34.3. The average molecular weight is 1960 g/mol. The number of hydrogen-bond acceptors (Lipinski definition) is 19. The minimum absolute atomic E-state index is 0.103. The number of esters is 3. The quantitative estimate of drug-likeness (QED) is 0.0122. The molecular formula is C94H110Br3Cl2N5O13S4. The van der Waals surface area contributed by atoms with Gasteiger partial charge in [-0.1, -0.05) is 76.6 Å². The monoisotopic (exact) mass is 1950 g/mol. The van der Waals surface area contributed by atoms with Crippen LogP contribution in [0.1, 0.15) is 201 Å². The second-order valence-electron chi connectivity index (χ2n) is 30.8. The second-order valence-corrected chi connectivity index (χ2v) is 37.1. The molecule has 0 aliphatic heterocycles. The molecule has 1 unspecified atom stereocenters. The van der Waals surface area contributed by atoms with Gasteiger partial charge in [-0.2, -0.15) is 10.2 Å². The molecule has 0 fully saturated rings. The number of Topliss-reactive ketones (excluding diaryl/α,β-unsaturated/α-hetero) is 1. The van der Waals surface area contributed by atoms with E-state index < -0.39 is 5.97 Å². The van der Waals surface area contributed by atoms with Crippen LogP contribution in [0.5, 0.6) is 34.5 Å². The molecule has 3 aromatic heterocycles. The number of aromatic hydroxyl groups is 4. The molecule has 18 nitrogen and oxygen atoms in total. The van der Waals surface area contributed by atoms with Crippen LogP contribution in [-0.4, -0.2) is 109 Å². The first-order valence-corrected chi connectivity index (χ1v) is 47.5. The summed E-state index contributed by atoms with van der Waals surface area (Å²) in [7, 11) is 9.82. The molecule has 3 heterocycles. The highest BCUT2D eigenvalue weighted by molar-refractivity contribution is 9.11. The van der Waals surface area contributed by atoms with Crippen molar-refractivity contribution >= 4 is 154 Å². The summed E-state index contributed by atoms with van der Waals surface area (Å²) in [5, 5.41) is 48.3. The smallest absolute Gasteiger partial charge is 0.354 e. The molecule has 27 heteroatoms. The number of fused-ring (bicyclic) bond motifs is 7. The molecule has 0 amide bonds. The van der Waals surface area contributed by atoms with E-state index in [1.807, 2.05) is 104 Å². The average Bonchev–Trinajstić information content (AvgIpc) is 1.58. The van der Waals surface area contributed by atoms with E-state index in [0.29, 0.717) is 82.2 Å². The predicted molar refractivity (Wildman–Crippen MR) is 503 cm³/mol. The zero-order valence-corrected chi connectivity index (χ0v) is 80.2. The van der Waals surface area contributed by atoms with E-state index in [0.717, 1.165) is 174 Å². The van der Waals surface area contributed by atoms with Crippen LogP contribution in [0.3, 0.4) is 0 Å². The lowest BCUT2D eigenvalue weighted by Gasteiger charge is -2.14. The van der Waals surface area contributed by atoms with Crippen LogP contribution in [0.4, 0.5) is 0 Å². The van der Waals surface area contributed by atoms with E-state index >= 15 is 0 Å². The maximum Gasteiger partial charge on any atom is 0.354 e. The van der Waals surface area contributed by atoms with Gasteiger partial charge in [0.1, 0.15) is 40.2 Å². The number of thiol groups is 2. The van der Waals surface area contributed by atoms with Crippen molar-refractivity contribution in [2.24, 2.45) is 20.0 Å². The van der Waals surface area contributed by atoms with Gasteiger partial charge in [0, 0.05) is 111 Å². The van der Waals surface area contributed by atoms with Gasteiger partial charge in [-0.3, -0.25) is 23.7 Å². The van der Waals surface area contributed by atoms with Gasteiger partial charge in [-0.25, -0.2) is 4.79 Å². The minimum Gasteiger partial charge on any atom is -0.508 e. The Morgan fingerprint density at radius 2 is 1.12 bits per heavy atom. The fourth-order valence-corrected chi connectivity index (χ4v) is 21.7. The molecule has 0 bridgehead atoms. The number of ether oxygens (including phenoxy) is 5. The zero-order chi connectivity index (χ0) is 87.3. The minimum atomic E-state index is -0.485. The third-order valence-corrected chi connectivity index (χ3v) is 28.3. The zero-order valence-electron chi connectivity index (χ0n) is 70.5. The van der Waals surface area contributed by atoms with Crippen LogP contribution in [0.25, 0.3) is 22.0 Å². The largest absolute Gasteiger partial charge is 0.508 e. The van der Waals surface area contributed by atoms with E-state index in [-0.39, 0.29) is 30.7 Å². The van der Waals surface area contributed by atoms with Crippen LogP contribution in [0.2, 0.25) is 5.02 Å². The van der Waals surface area contributed by atoms with E-state index in [1.165, 1.54) is 126 Å². The number of aromatic nitrogens is 5. The summed E-state index contributed by atoms with van der Waals surface area (Å²) in [6.45, 7) is 9.04. The Morgan fingerprint density at radius 1 is 0.579 bits per heavy atom. The fraction of sp³-hybridized carbons (Fsp3) is 0.426. The number of benzene rings is 7. The number of unbranched alkanes of at least 4 members (excludes halogenated alkanes) is 1. The van der Waals surface area contributed by atoms with Crippen molar-refractivity contribution in [1.29, 1.82) is 0 Å². The number of carbonyl (C=O) groups is 4. The lowest BCUT2D eigenvalue weighted by Crippen LogP contribution is -2.14. The van der Waals surface area contributed by atoms with Gasteiger partial charge >= 0.3 is 17.9 Å². The van der Waals surface area contributed by atoms with Gasteiger partial charge in [0.15, 0.2) is 5.78 Å². The van der Waals surface area contributed by atoms with Crippen molar-refractivity contribution in [2.75, 3.05) is 40.8 Å². The van der Waals surface area contributed by atoms with E-state index in [4.69, 9.17) is 52.0 Å². The van der Waals surface area contributed by atoms with Crippen molar-refractivity contribution in [2.45, 2.75) is 214 Å². The molecule has 4 N–H and O–H groups in total. The Bertz CT molecular complexity index is 5210. The molecule has 0 spiro atoms. The van der Waals surface area contributed by atoms with E-state index in [2.05, 4.69) is 98.1 Å². The highest BCUT2D eigenvalue weighted by Gasteiger charge is 2.30. The standard InChI is InChI=1S/C27H31Cl2N5O4S.C20H30O3S.C10H9BrO2.C10H11BrO.C9H9BrO.2C9H10OS/c1-15-23-21(34(10-9-22(35)37-5)26(15)27(36)38-6)8-7-19(29)25(23)24-16(2)32(3)31-20(24)14-39-13-17-11-18(12-28)33(4)30-17;1-3-5-7-15(4-2)14-23-20(22)10-11-24-19-13-17(21)12-16-8-6-9-18(16)19;1-13-7-4-6-2-3-9(12)10(6)8(11)5-7;1-12-8-5-7-3-2-4-9(7)10(11)6-8;10-9-5-7(11)4-6-2-1-3-8(6)9;2*10-7-4-6-2-1-3-8(6)9(11)5-7/h7-8,11H,9-10,12-14H2,1-6H3;12-13,15,21H,3-11,14H2,1-2H3;4-5H,2-3H2,1H3;5-6H,2-4H2,1H3;4-5,11H,1-3H2;2*4-5,10-11H,1-3H2. The van der Waals surface area contributed by atoms with Crippen molar-refractivity contribution in [3.63, 3.8) is 0 Å². The van der Waals surface area contributed by atoms with Gasteiger partial charge in [0.25, 0.3) is 0 Å². The number of nitrogens with zero attached hydrogens (tertiary/aromatic N) is 5. The Labute approximate surface area is 765 Å². The lowest BCUT2D eigenvalue weighted by atomic mass is 9.97. The summed E-state index contributed by atoms with van der Waals surface area (Å²) in [5.41, 5.74) is 22.7.